The minimum Gasteiger partial charge on any atom is -0.338 e. The third-order valence-electron chi connectivity index (χ3n) is 6.28. The molecule has 4 rings (SSSR count). The number of nitrogens with zero attached hydrogens (tertiary/aromatic N) is 5. The van der Waals surface area contributed by atoms with E-state index in [-0.39, 0.29) is 17.4 Å². The molecule has 1 aromatic carbocycles. The Bertz CT molecular complexity index is 1150. The molecule has 0 aliphatic carbocycles. The number of carbonyl (C=O) groups is 1. The molecule has 176 valence electrons. The molecular weight excluding hydrogens is 434 g/mol. The molecule has 3 aromatic rings. The van der Waals surface area contributed by atoms with Gasteiger partial charge in [0.25, 0.3) is 5.56 Å². The summed E-state index contributed by atoms with van der Waals surface area (Å²) in [6, 6.07) is 9.97. The van der Waals surface area contributed by atoms with Gasteiger partial charge in [-0.2, -0.15) is 0 Å². The van der Waals surface area contributed by atoms with E-state index in [1.165, 1.54) is 16.9 Å². The number of carbonyl (C=O) groups excluding carboxylic acids is 1. The summed E-state index contributed by atoms with van der Waals surface area (Å²) in [6.45, 7) is 4.29. The number of thiazole rings is 1. The fourth-order valence-electron chi connectivity index (χ4n) is 4.54. The average Bonchev–Trinajstić information content (AvgIpc) is 3.45. The lowest BCUT2D eigenvalue weighted by molar-refractivity contribution is -0.120. The molecule has 33 heavy (non-hydrogen) atoms. The molecule has 0 radical (unpaired) electrons. The second kappa shape index (κ2) is 10.6. The van der Waals surface area contributed by atoms with Crippen LogP contribution in [0.4, 0.5) is 5.13 Å². The minimum atomic E-state index is -0.165. The fraction of sp³-hybridized carbons (Fsp3) is 0.520. The van der Waals surface area contributed by atoms with E-state index in [2.05, 4.69) is 21.9 Å². The van der Waals surface area contributed by atoms with E-state index < -0.39 is 0 Å². The van der Waals surface area contributed by atoms with Gasteiger partial charge < -0.3 is 9.80 Å². The fourth-order valence-corrected chi connectivity index (χ4v) is 5.57. The first kappa shape index (κ1) is 23.6. The van der Waals surface area contributed by atoms with Gasteiger partial charge >= 0.3 is 0 Å². The van der Waals surface area contributed by atoms with E-state index >= 15 is 0 Å². The first-order valence-corrected chi connectivity index (χ1v) is 12.7. The number of ketones is 1. The van der Waals surface area contributed by atoms with E-state index in [1.54, 1.807) is 4.57 Å². The van der Waals surface area contributed by atoms with Crippen molar-refractivity contribution in [3.8, 4) is 0 Å². The van der Waals surface area contributed by atoms with Gasteiger partial charge in [-0.05, 0) is 58.8 Å². The number of benzene rings is 1. The molecule has 1 aliphatic heterocycles. The lowest BCUT2D eigenvalue weighted by Gasteiger charge is -2.22. The number of hydrogen-bond donors (Lipinski definition) is 0. The van der Waals surface area contributed by atoms with Crippen LogP contribution in [0.25, 0.3) is 10.3 Å². The molecule has 0 unspecified atom stereocenters. The summed E-state index contributed by atoms with van der Waals surface area (Å²) in [7, 11) is 4.10. The molecule has 1 fully saturated rings. The van der Waals surface area contributed by atoms with Crippen LogP contribution < -0.4 is 10.5 Å². The maximum atomic E-state index is 13.2. The van der Waals surface area contributed by atoms with Gasteiger partial charge in [0.15, 0.2) is 21.3 Å². The third kappa shape index (κ3) is 5.33. The average molecular weight is 468 g/mol. The summed E-state index contributed by atoms with van der Waals surface area (Å²) < 4.78 is 1.74. The van der Waals surface area contributed by atoms with Gasteiger partial charge in [-0.3, -0.25) is 14.2 Å². The van der Waals surface area contributed by atoms with Crippen LogP contribution in [0.3, 0.4) is 0 Å². The molecule has 0 N–H and O–H groups in total. The van der Waals surface area contributed by atoms with Crippen LogP contribution in [0.5, 0.6) is 0 Å². The van der Waals surface area contributed by atoms with Crippen molar-refractivity contribution in [2.24, 2.45) is 0 Å². The number of Topliss-reactive ketones (excluding diaryl/α,β-unsaturated/α-hetero) is 1. The van der Waals surface area contributed by atoms with E-state index in [0.29, 0.717) is 23.3 Å². The lowest BCUT2D eigenvalue weighted by Crippen LogP contribution is -2.36. The Morgan fingerprint density at radius 2 is 1.97 bits per heavy atom. The second-order valence-corrected chi connectivity index (χ2v) is 9.89. The Hall–Kier alpha value is -2.58. The van der Waals surface area contributed by atoms with E-state index in [4.69, 9.17) is 9.97 Å². The van der Waals surface area contributed by atoms with Gasteiger partial charge in [-0.1, -0.05) is 41.7 Å². The summed E-state index contributed by atoms with van der Waals surface area (Å²) in [5.74, 6) is 1.07. The molecule has 1 atom stereocenters. The van der Waals surface area contributed by atoms with Gasteiger partial charge in [0.05, 0.1) is 6.04 Å². The van der Waals surface area contributed by atoms with Crippen molar-refractivity contribution in [2.45, 2.75) is 58.0 Å². The zero-order valence-corrected chi connectivity index (χ0v) is 20.6. The smallest absolute Gasteiger partial charge is 0.281 e. The zero-order chi connectivity index (χ0) is 23.4. The molecule has 0 saturated carbocycles. The molecule has 2 aromatic heterocycles. The van der Waals surface area contributed by atoms with Gasteiger partial charge in [-0.25, -0.2) is 9.97 Å². The number of aryl methyl sites for hydroxylation is 2. The van der Waals surface area contributed by atoms with Crippen molar-refractivity contribution < 1.29 is 4.79 Å². The van der Waals surface area contributed by atoms with Crippen LogP contribution >= 0.6 is 11.3 Å². The number of hydrogen-bond acceptors (Lipinski definition) is 7. The molecule has 0 amide bonds. The highest BCUT2D eigenvalue weighted by atomic mass is 32.1. The van der Waals surface area contributed by atoms with E-state index in [1.807, 2.05) is 39.2 Å². The Morgan fingerprint density at radius 1 is 1.18 bits per heavy atom. The van der Waals surface area contributed by atoms with E-state index in [0.717, 1.165) is 56.1 Å². The van der Waals surface area contributed by atoms with Crippen molar-refractivity contribution in [3.05, 3.63) is 52.1 Å². The maximum Gasteiger partial charge on any atom is 0.281 e. The highest BCUT2D eigenvalue weighted by Crippen LogP contribution is 2.32. The maximum absolute atomic E-state index is 13.2. The largest absolute Gasteiger partial charge is 0.338 e. The number of rotatable bonds is 10. The summed E-state index contributed by atoms with van der Waals surface area (Å²) >= 11 is 1.45. The SMILES string of the molecule is CCn1c(CCCN(C)C)nc2sc(N3CCC[C@@H]3C(=O)CCc3ccccc3)nc2c1=O. The normalized spacial score (nSPS) is 16.2. The quantitative estimate of drug-likeness (QED) is 0.454. The minimum absolute atomic E-state index is 0.0731. The topological polar surface area (TPSA) is 71.3 Å². The molecule has 3 heterocycles. The molecule has 1 aliphatic rings. The lowest BCUT2D eigenvalue weighted by atomic mass is 10.0. The van der Waals surface area contributed by atoms with Crippen LogP contribution in [0, 0.1) is 0 Å². The van der Waals surface area contributed by atoms with Crippen LogP contribution in [-0.4, -0.2) is 58.4 Å². The Labute approximate surface area is 199 Å². The van der Waals surface area contributed by atoms with Crippen molar-refractivity contribution in [3.63, 3.8) is 0 Å². The highest BCUT2D eigenvalue weighted by Gasteiger charge is 2.32. The number of anilines is 1. The monoisotopic (exact) mass is 467 g/mol. The van der Waals surface area contributed by atoms with Crippen molar-refractivity contribution in [2.75, 3.05) is 32.1 Å². The standard InChI is InChI=1S/C25H33N5O2S/c1-4-29-21(13-9-16-28(2)3)26-23-22(24(29)32)27-25(33-23)30-17-8-12-19(30)20(31)15-14-18-10-6-5-7-11-18/h5-7,10-11,19H,4,8-9,12-17H2,1-3H3/t19-/m1/s1. The third-order valence-corrected chi connectivity index (χ3v) is 7.27. The summed E-state index contributed by atoms with van der Waals surface area (Å²) in [6.07, 6.45) is 4.78. The second-order valence-electron chi connectivity index (χ2n) is 8.94. The summed E-state index contributed by atoms with van der Waals surface area (Å²) in [4.78, 5) is 40.7. The molecular formula is C25H33N5O2S. The van der Waals surface area contributed by atoms with E-state index in [9.17, 15) is 9.59 Å². The Balaban J connectivity index is 1.55. The molecule has 8 heteroatoms. The first-order chi connectivity index (χ1) is 16.0. The Morgan fingerprint density at radius 3 is 2.70 bits per heavy atom. The van der Waals surface area contributed by atoms with Crippen LogP contribution in [0.1, 0.15) is 44.0 Å². The molecule has 0 bridgehead atoms. The zero-order valence-electron chi connectivity index (χ0n) is 19.8. The summed E-state index contributed by atoms with van der Waals surface area (Å²) in [5.41, 5.74) is 1.54. The van der Waals surface area contributed by atoms with Crippen molar-refractivity contribution in [1.82, 2.24) is 19.4 Å². The Kier molecular flexibility index (Phi) is 7.55. The first-order valence-electron chi connectivity index (χ1n) is 11.9. The van der Waals surface area contributed by atoms with Crippen LogP contribution in [0.2, 0.25) is 0 Å². The van der Waals surface area contributed by atoms with Gasteiger partial charge in [0, 0.05) is 25.9 Å². The predicted octanol–water partition coefficient (Wildman–Crippen LogP) is 3.54. The van der Waals surface area contributed by atoms with Crippen molar-refractivity contribution >= 4 is 32.6 Å². The molecule has 1 saturated heterocycles. The highest BCUT2D eigenvalue weighted by molar-refractivity contribution is 7.21. The number of aromatic nitrogens is 3. The van der Waals surface area contributed by atoms with Gasteiger partial charge in [0.1, 0.15) is 5.82 Å². The van der Waals surface area contributed by atoms with Crippen LogP contribution in [0.15, 0.2) is 35.1 Å². The molecule has 7 nitrogen and oxygen atoms in total. The molecule has 0 spiro atoms. The summed E-state index contributed by atoms with van der Waals surface area (Å²) in [5, 5.41) is 0.748. The van der Waals surface area contributed by atoms with Gasteiger partial charge in [-0.15, -0.1) is 0 Å². The van der Waals surface area contributed by atoms with Crippen LogP contribution in [-0.2, 0) is 24.2 Å². The predicted molar refractivity (Wildman–Crippen MR) is 134 cm³/mol. The van der Waals surface area contributed by atoms with Crippen molar-refractivity contribution in [1.29, 1.82) is 0 Å². The number of fused-ring (bicyclic) bond motifs is 1. The van der Waals surface area contributed by atoms with Gasteiger partial charge in [0.2, 0.25) is 0 Å².